The molecule has 1 aliphatic rings. The average Bonchev–Trinajstić information content (AvgIpc) is 2.66. The van der Waals surface area contributed by atoms with Crippen LogP contribution in [0.4, 0.5) is 0 Å². The molecule has 1 saturated heterocycles. The van der Waals surface area contributed by atoms with Crippen LogP contribution in [-0.4, -0.2) is 82.6 Å². The predicted molar refractivity (Wildman–Crippen MR) is 111 cm³/mol. The zero-order valence-electron chi connectivity index (χ0n) is 16.5. The first-order valence-corrected chi connectivity index (χ1v) is 11.5. The van der Waals surface area contributed by atoms with E-state index in [4.69, 9.17) is 21.1 Å². The summed E-state index contributed by atoms with van der Waals surface area (Å²) in [6.45, 7) is 5.31. The normalized spacial score (nSPS) is 15.8. The second kappa shape index (κ2) is 10.1. The number of rotatable bonds is 8. The number of ether oxygens (including phenoxy) is 2. The Bertz CT molecular complexity index is 818. The lowest BCUT2D eigenvalue weighted by atomic mass is 10.1. The summed E-state index contributed by atoms with van der Waals surface area (Å²) in [5.74, 6) is 1.05. The number of piperazine rings is 1. The minimum absolute atomic E-state index is 0.0910. The molecule has 0 spiro atoms. The second-order valence-corrected chi connectivity index (χ2v) is 9.26. The fourth-order valence-corrected chi connectivity index (χ4v) is 3.74. The molecule has 7 nitrogen and oxygen atoms in total. The Balaban J connectivity index is 1.94. The van der Waals surface area contributed by atoms with Gasteiger partial charge in [-0.15, -0.1) is 0 Å². The van der Waals surface area contributed by atoms with Crippen LogP contribution < -0.4 is 9.47 Å². The monoisotopic (exact) mass is 430 g/mol. The minimum atomic E-state index is -2.97. The van der Waals surface area contributed by atoms with Crippen molar-refractivity contribution in [3.8, 4) is 11.5 Å². The van der Waals surface area contributed by atoms with Crippen molar-refractivity contribution in [1.29, 1.82) is 0 Å². The van der Waals surface area contributed by atoms with E-state index >= 15 is 0 Å². The third-order valence-corrected chi connectivity index (χ3v) is 5.63. The highest BCUT2D eigenvalue weighted by atomic mass is 35.5. The first-order valence-electron chi connectivity index (χ1n) is 9.11. The summed E-state index contributed by atoms with van der Waals surface area (Å²) in [6.07, 6.45) is 4.44. The van der Waals surface area contributed by atoms with E-state index in [1.165, 1.54) is 19.4 Å². The van der Waals surface area contributed by atoms with Crippen LogP contribution in [0, 0.1) is 0 Å². The topological polar surface area (TPSA) is 76.2 Å². The fraction of sp³-hybridized carbons (Fsp3) is 0.526. The molecule has 0 aliphatic carbocycles. The van der Waals surface area contributed by atoms with Crippen molar-refractivity contribution in [2.24, 2.45) is 0 Å². The number of benzene rings is 1. The molecule has 1 fully saturated rings. The SMILES string of the molecule is CCOc1c(Cl)cc(/C=C/C(=O)N2CCN(CCS(C)(=O)=O)CC2)cc1OC. The summed E-state index contributed by atoms with van der Waals surface area (Å²) in [5.41, 5.74) is 0.741. The van der Waals surface area contributed by atoms with Crippen molar-refractivity contribution < 1.29 is 22.7 Å². The maximum atomic E-state index is 12.4. The van der Waals surface area contributed by atoms with E-state index in [2.05, 4.69) is 4.90 Å². The van der Waals surface area contributed by atoms with Crippen LogP contribution in [0.15, 0.2) is 18.2 Å². The van der Waals surface area contributed by atoms with Gasteiger partial charge >= 0.3 is 0 Å². The molecule has 28 heavy (non-hydrogen) atoms. The molecule has 1 heterocycles. The first kappa shape index (κ1) is 22.5. The number of hydrogen-bond acceptors (Lipinski definition) is 6. The van der Waals surface area contributed by atoms with E-state index in [-0.39, 0.29) is 11.7 Å². The van der Waals surface area contributed by atoms with Gasteiger partial charge in [0.25, 0.3) is 0 Å². The molecule has 156 valence electrons. The van der Waals surface area contributed by atoms with Crippen molar-refractivity contribution in [3.05, 3.63) is 28.8 Å². The highest BCUT2D eigenvalue weighted by Crippen LogP contribution is 2.36. The van der Waals surface area contributed by atoms with Gasteiger partial charge in [0, 0.05) is 45.1 Å². The molecule has 1 aromatic carbocycles. The van der Waals surface area contributed by atoms with Crippen molar-refractivity contribution in [2.75, 3.05) is 58.4 Å². The van der Waals surface area contributed by atoms with E-state index in [1.54, 1.807) is 23.1 Å². The Morgan fingerprint density at radius 2 is 1.93 bits per heavy atom. The largest absolute Gasteiger partial charge is 0.493 e. The van der Waals surface area contributed by atoms with Crippen LogP contribution >= 0.6 is 11.6 Å². The van der Waals surface area contributed by atoms with E-state index in [1.807, 2.05) is 6.92 Å². The summed E-state index contributed by atoms with van der Waals surface area (Å²) in [5, 5.41) is 0.424. The quantitative estimate of drug-likeness (QED) is 0.587. The molecular formula is C19H27ClN2O5S. The zero-order chi connectivity index (χ0) is 20.7. The van der Waals surface area contributed by atoms with Gasteiger partial charge in [0.1, 0.15) is 9.84 Å². The first-order chi connectivity index (χ1) is 13.2. The summed E-state index contributed by atoms with van der Waals surface area (Å²) < 4.78 is 33.3. The molecule has 1 aliphatic heterocycles. The Kier molecular flexibility index (Phi) is 8.15. The smallest absolute Gasteiger partial charge is 0.246 e. The van der Waals surface area contributed by atoms with Crippen molar-refractivity contribution >= 4 is 33.4 Å². The molecule has 0 atom stereocenters. The van der Waals surface area contributed by atoms with Gasteiger partial charge in [-0.2, -0.15) is 0 Å². The van der Waals surface area contributed by atoms with Crippen LogP contribution in [0.25, 0.3) is 6.08 Å². The Labute approximate surface area is 171 Å². The van der Waals surface area contributed by atoms with Gasteiger partial charge in [-0.1, -0.05) is 11.6 Å². The van der Waals surface area contributed by atoms with Crippen LogP contribution in [0.2, 0.25) is 5.02 Å². The Hall–Kier alpha value is -1.77. The third-order valence-electron chi connectivity index (χ3n) is 4.42. The van der Waals surface area contributed by atoms with Gasteiger partial charge < -0.3 is 14.4 Å². The molecule has 9 heteroatoms. The maximum absolute atomic E-state index is 12.4. The lowest BCUT2D eigenvalue weighted by Crippen LogP contribution is -2.49. The van der Waals surface area contributed by atoms with Crippen LogP contribution in [0.3, 0.4) is 0 Å². The summed E-state index contributed by atoms with van der Waals surface area (Å²) in [4.78, 5) is 16.3. The predicted octanol–water partition coefficient (Wildman–Crippen LogP) is 1.95. The van der Waals surface area contributed by atoms with Crippen molar-refractivity contribution in [1.82, 2.24) is 9.80 Å². The summed E-state index contributed by atoms with van der Waals surface area (Å²) >= 11 is 6.25. The lowest BCUT2D eigenvalue weighted by Gasteiger charge is -2.34. The number of nitrogens with zero attached hydrogens (tertiary/aromatic N) is 2. The van der Waals surface area contributed by atoms with E-state index in [9.17, 15) is 13.2 Å². The van der Waals surface area contributed by atoms with E-state index in [0.717, 1.165) is 5.56 Å². The number of hydrogen-bond donors (Lipinski definition) is 0. The molecule has 1 aromatic rings. The van der Waals surface area contributed by atoms with E-state index in [0.29, 0.717) is 55.9 Å². The summed E-state index contributed by atoms with van der Waals surface area (Å²) in [6, 6.07) is 3.49. The summed E-state index contributed by atoms with van der Waals surface area (Å²) in [7, 11) is -1.43. The molecule has 0 aromatic heterocycles. The number of methoxy groups -OCH3 is 1. The molecule has 0 saturated carbocycles. The fourth-order valence-electron chi connectivity index (χ4n) is 2.88. The highest BCUT2D eigenvalue weighted by molar-refractivity contribution is 7.90. The van der Waals surface area contributed by atoms with Gasteiger partial charge in [0.15, 0.2) is 11.5 Å². The third kappa shape index (κ3) is 6.68. The van der Waals surface area contributed by atoms with E-state index < -0.39 is 9.84 Å². The molecule has 0 unspecified atom stereocenters. The van der Waals surface area contributed by atoms with Gasteiger partial charge in [0.2, 0.25) is 5.91 Å². The van der Waals surface area contributed by atoms with Gasteiger partial charge in [-0.3, -0.25) is 9.69 Å². The molecular weight excluding hydrogens is 404 g/mol. The number of carbonyl (C=O) groups is 1. The molecule has 1 amide bonds. The number of carbonyl (C=O) groups excluding carboxylic acids is 1. The number of sulfone groups is 1. The second-order valence-electron chi connectivity index (χ2n) is 6.60. The van der Waals surface area contributed by atoms with Gasteiger partial charge in [-0.05, 0) is 30.7 Å². The van der Waals surface area contributed by atoms with Gasteiger partial charge in [0.05, 0.1) is 24.5 Å². The zero-order valence-corrected chi connectivity index (χ0v) is 18.1. The Morgan fingerprint density at radius 1 is 1.25 bits per heavy atom. The Morgan fingerprint density at radius 3 is 2.50 bits per heavy atom. The lowest BCUT2D eigenvalue weighted by molar-refractivity contribution is -0.127. The number of amides is 1. The van der Waals surface area contributed by atoms with Crippen molar-refractivity contribution in [2.45, 2.75) is 6.92 Å². The maximum Gasteiger partial charge on any atom is 0.246 e. The number of halogens is 1. The molecule has 0 N–H and O–H groups in total. The van der Waals surface area contributed by atoms with Crippen LogP contribution in [0.1, 0.15) is 12.5 Å². The van der Waals surface area contributed by atoms with Crippen LogP contribution in [-0.2, 0) is 14.6 Å². The standard InChI is InChI=1S/C19H27ClN2O5S/c1-4-27-19-16(20)13-15(14-17(19)26-2)5-6-18(23)22-9-7-21(8-10-22)11-12-28(3,24)25/h5-6,13-14H,4,7-12H2,1-3H3/b6-5+. The molecule has 0 bridgehead atoms. The van der Waals surface area contributed by atoms with Crippen LogP contribution in [0.5, 0.6) is 11.5 Å². The molecule has 2 rings (SSSR count). The van der Waals surface area contributed by atoms with Crippen molar-refractivity contribution in [3.63, 3.8) is 0 Å². The minimum Gasteiger partial charge on any atom is -0.493 e. The molecule has 0 radical (unpaired) electrons. The van der Waals surface area contributed by atoms with Gasteiger partial charge in [-0.25, -0.2) is 8.42 Å². The highest BCUT2D eigenvalue weighted by Gasteiger charge is 2.20. The average molecular weight is 431 g/mol.